The molecule has 0 atom stereocenters. The molecule has 0 aromatic heterocycles. The van der Waals surface area contributed by atoms with Crippen LogP contribution in [0.3, 0.4) is 0 Å². The largest absolute Gasteiger partial charge is 2.00 e. The molecule has 0 saturated carbocycles. The fourth-order valence-electron chi connectivity index (χ4n) is 0. The number of rotatable bonds is 2. The molecule has 0 N–H and O–H groups in total. The van der Waals surface area contributed by atoms with Crippen molar-refractivity contribution in [3.63, 3.8) is 0 Å². The summed E-state index contributed by atoms with van der Waals surface area (Å²) in [6, 6.07) is 0. The monoisotopic (exact) mass is 214 g/mol. The maximum Gasteiger partial charge on any atom is 2.00 e. The molecule has 0 heterocycles. The molecule has 10 heavy (non-hydrogen) atoms. The van der Waals surface area contributed by atoms with Crippen LogP contribution in [0.25, 0.3) is 0 Å². The van der Waals surface area contributed by atoms with Crippen LogP contribution in [-0.4, -0.2) is 0 Å². The minimum absolute atomic E-state index is 0. The van der Waals surface area contributed by atoms with Gasteiger partial charge in [-0.2, -0.15) is 12.8 Å². The van der Waals surface area contributed by atoms with Crippen molar-refractivity contribution in [2.75, 3.05) is 0 Å². The third kappa shape index (κ3) is 65.8. The van der Waals surface area contributed by atoms with E-state index in [1.165, 1.54) is 12.8 Å². The molecule has 0 bridgehead atoms. The van der Waals surface area contributed by atoms with Gasteiger partial charge < -0.3 is 13.8 Å². The van der Waals surface area contributed by atoms with E-state index in [9.17, 15) is 0 Å². The van der Waals surface area contributed by atoms with Gasteiger partial charge in [-0.05, 0) is 0 Å². The zero-order valence-electron chi connectivity index (χ0n) is 7.36. The predicted molar refractivity (Wildman–Crippen MR) is 47.8 cm³/mol. The maximum absolute atomic E-state index is 3.60. The van der Waals surface area contributed by atoms with E-state index in [0.29, 0.717) is 0 Å². The second kappa shape index (κ2) is 32.6. The molecule has 0 amide bonds. The van der Waals surface area contributed by atoms with Crippen LogP contribution in [0.5, 0.6) is 0 Å². The van der Waals surface area contributed by atoms with Gasteiger partial charge in [0.2, 0.25) is 0 Å². The summed E-state index contributed by atoms with van der Waals surface area (Å²) in [6.45, 7) is 11.4. The molecule has 0 spiro atoms. The summed E-state index contributed by atoms with van der Waals surface area (Å²) in [5.74, 6) is 0. The number of hydrogen-bond acceptors (Lipinski definition) is 0. The van der Waals surface area contributed by atoms with E-state index in [0.717, 1.165) is 12.8 Å². The van der Waals surface area contributed by atoms with E-state index >= 15 is 0 Å². The smallest absolute Gasteiger partial charge is 0.343 e. The van der Waals surface area contributed by atoms with Crippen LogP contribution in [-0.2, 0) is 19.5 Å². The summed E-state index contributed by atoms with van der Waals surface area (Å²) in [5, 5.41) is 0. The van der Waals surface area contributed by atoms with E-state index < -0.39 is 0 Å². The van der Waals surface area contributed by atoms with Gasteiger partial charge in [-0.25, -0.2) is 0 Å². The van der Waals surface area contributed by atoms with Crippen molar-refractivity contribution in [3.8, 4) is 0 Å². The van der Waals surface area contributed by atoms with Gasteiger partial charge in [0.15, 0.2) is 0 Å². The Hall–Kier alpha value is 0.913. The predicted octanol–water partition coefficient (Wildman–Crippen LogP) is 3.66. The Balaban J connectivity index is -0.0000000300. The first-order valence-electron chi connectivity index (χ1n) is 3.41. The van der Waals surface area contributed by atoms with Crippen LogP contribution in [0.4, 0.5) is 0 Å². The number of halogens is 1. The first-order valence-corrected chi connectivity index (χ1v) is 3.41. The number of unbranched alkanes of at least 4 members (excludes halogenated alkanes) is 2. The van der Waals surface area contributed by atoms with Crippen LogP contribution >= 0.6 is 12.4 Å². The molecule has 0 rings (SSSR count). The second-order valence-corrected chi connectivity index (χ2v) is 1.71. The Morgan fingerprint density at radius 3 is 1.00 bits per heavy atom. The Labute approximate surface area is 85.3 Å². The molecule has 2 heteroatoms. The molecule has 0 aliphatic carbocycles. The second-order valence-electron chi connectivity index (χ2n) is 1.71. The standard InChI is InChI=1S/2C4H9.ClH.Zn/c2*1-3-4-2;;/h2*1,3-4H2,2H3;1H;/q2*-1;;+2. The maximum atomic E-state index is 3.60. The third-order valence-corrected chi connectivity index (χ3v) is 0.707. The van der Waals surface area contributed by atoms with Crippen molar-refractivity contribution in [1.29, 1.82) is 0 Å². The normalized spacial score (nSPS) is 6.00. The fraction of sp³-hybridized carbons (Fsp3) is 0.750. The van der Waals surface area contributed by atoms with E-state index in [1.807, 2.05) is 0 Å². The molecule has 0 unspecified atom stereocenters. The SMILES string of the molecule is Cl.[CH2-]CCC.[CH2-]CCC.[Zn+2]. The zero-order chi connectivity index (χ0) is 6.83. The summed E-state index contributed by atoms with van der Waals surface area (Å²) in [4.78, 5) is 0. The summed E-state index contributed by atoms with van der Waals surface area (Å²) in [6.07, 6.45) is 4.56. The van der Waals surface area contributed by atoms with E-state index in [4.69, 9.17) is 0 Å². The molecule has 0 aromatic rings. The summed E-state index contributed by atoms with van der Waals surface area (Å²) >= 11 is 0. The fourth-order valence-corrected chi connectivity index (χ4v) is 0. The molecule has 0 radical (unpaired) electrons. The first kappa shape index (κ1) is 22.4. The molecule has 0 aliphatic rings. The third-order valence-electron chi connectivity index (χ3n) is 0.707. The van der Waals surface area contributed by atoms with Gasteiger partial charge >= 0.3 is 19.5 Å². The van der Waals surface area contributed by atoms with Gasteiger partial charge in [0.1, 0.15) is 0 Å². The summed E-state index contributed by atoms with van der Waals surface area (Å²) in [7, 11) is 0. The molecule has 0 saturated heterocycles. The van der Waals surface area contributed by atoms with Crippen molar-refractivity contribution in [2.45, 2.75) is 39.5 Å². The van der Waals surface area contributed by atoms with E-state index in [1.54, 1.807) is 0 Å². The van der Waals surface area contributed by atoms with E-state index in [-0.39, 0.29) is 31.9 Å². The average molecular weight is 216 g/mol. The first-order chi connectivity index (χ1) is 3.83. The van der Waals surface area contributed by atoms with Crippen LogP contribution in [0.2, 0.25) is 0 Å². The Kier molecular flexibility index (Phi) is 73.2. The molecule has 0 nitrogen and oxygen atoms in total. The van der Waals surface area contributed by atoms with Gasteiger partial charge in [-0.1, -0.05) is 26.7 Å². The van der Waals surface area contributed by atoms with Crippen molar-refractivity contribution >= 4 is 12.4 Å². The van der Waals surface area contributed by atoms with Gasteiger partial charge in [0.05, 0.1) is 0 Å². The Morgan fingerprint density at radius 2 is 1.00 bits per heavy atom. The van der Waals surface area contributed by atoms with Crippen molar-refractivity contribution in [1.82, 2.24) is 0 Å². The van der Waals surface area contributed by atoms with Crippen LogP contribution in [0.15, 0.2) is 0 Å². The van der Waals surface area contributed by atoms with Crippen LogP contribution < -0.4 is 0 Å². The number of hydrogen-bond donors (Lipinski definition) is 0. The van der Waals surface area contributed by atoms with Crippen molar-refractivity contribution in [2.24, 2.45) is 0 Å². The van der Waals surface area contributed by atoms with Gasteiger partial charge in [0.25, 0.3) is 0 Å². The summed E-state index contributed by atoms with van der Waals surface area (Å²) in [5.41, 5.74) is 0. The van der Waals surface area contributed by atoms with Gasteiger partial charge in [-0.15, -0.1) is 12.4 Å². The van der Waals surface area contributed by atoms with Crippen molar-refractivity contribution in [3.05, 3.63) is 13.8 Å². The van der Waals surface area contributed by atoms with Gasteiger partial charge in [0, 0.05) is 0 Å². The van der Waals surface area contributed by atoms with Crippen LogP contribution in [0, 0.1) is 13.8 Å². The minimum Gasteiger partial charge on any atom is -0.343 e. The molecule has 0 aromatic carbocycles. The molecular formula is C8H19ClZn. The van der Waals surface area contributed by atoms with E-state index in [2.05, 4.69) is 27.7 Å². The summed E-state index contributed by atoms with van der Waals surface area (Å²) < 4.78 is 0. The molecule has 0 fully saturated rings. The average Bonchev–Trinajstić information content (AvgIpc) is 1.88. The zero-order valence-corrected chi connectivity index (χ0v) is 11.1. The van der Waals surface area contributed by atoms with Crippen molar-refractivity contribution < 1.29 is 19.5 Å². The Morgan fingerprint density at radius 1 is 0.900 bits per heavy atom. The molecular weight excluding hydrogens is 197 g/mol. The van der Waals surface area contributed by atoms with Gasteiger partial charge in [-0.3, -0.25) is 0 Å². The molecule has 60 valence electrons. The van der Waals surface area contributed by atoms with Crippen LogP contribution in [0.1, 0.15) is 39.5 Å². The molecule has 0 aliphatic heterocycles. The quantitative estimate of drug-likeness (QED) is 0.488. The topological polar surface area (TPSA) is 0 Å². The minimum atomic E-state index is 0. The Bertz CT molecular complexity index is 17.2.